The molecule has 1 aromatic rings. The van der Waals surface area contributed by atoms with Crippen LogP contribution in [0.4, 0.5) is 14.5 Å². The first-order valence-electron chi connectivity index (χ1n) is 6.77. The smallest absolute Gasteiger partial charge is 0.308 e. The third-order valence-electron chi connectivity index (χ3n) is 3.77. The first-order chi connectivity index (χ1) is 9.82. The second kappa shape index (κ2) is 5.75. The zero-order chi connectivity index (χ0) is 15.7. The first-order valence-corrected chi connectivity index (χ1v) is 6.77. The zero-order valence-corrected chi connectivity index (χ0v) is 11.8. The molecule has 0 spiro atoms. The maximum Gasteiger partial charge on any atom is 0.308 e. The Bertz CT molecular complexity index is 590. The number of carbonyl (C=O) groups is 1. The van der Waals surface area contributed by atoms with Gasteiger partial charge >= 0.3 is 5.69 Å². The molecule has 1 aliphatic rings. The van der Waals surface area contributed by atoms with Crippen molar-refractivity contribution in [3.05, 3.63) is 39.4 Å². The molecular weight excluding hydrogens is 282 g/mol. The van der Waals surface area contributed by atoms with Gasteiger partial charge in [-0.1, -0.05) is 13.8 Å². The molecule has 0 aliphatic carbocycles. The molecule has 0 N–H and O–H groups in total. The molecule has 1 amide bonds. The van der Waals surface area contributed by atoms with Crippen LogP contribution in [0.5, 0.6) is 0 Å². The molecule has 1 aromatic carbocycles. The van der Waals surface area contributed by atoms with Crippen molar-refractivity contribution in [2.45, 2.75) is 32.7 Å². The van der Waals surface area contributed by atoms with Crippen molar-refractivity contribution < 1.29 is 18.5 Å². The minimum absolute atomic E-state index is 0.0563. The van der Waals surface area contributed by atoms with Crippen molar-refractivity contribution in [3.63, 3.8) is 0 Å². The number of benzene rings is 1. The maximum atomic E-state index is 14.1. The lowest BCUT2D eigenvalue weighted by Gasteiger charge is -2.27. The van der Waals surface area contributed by atoms with Crippen LogP contribution in [0.15, 0.2) is 12.1 Å². The highest BCUT2D eigenvalue weighted by Gasteiger charge is 2.34. The van der Waals surface area contributed by atoms with Gasteiger partial charge in [0.1, 0.15) is 5.82 Å². The van der Waals surface area contributed by atoms with Gasteiger partial charge in [0, 0.05) is 12.6 Å². The number of hydrogen-bond acceptors (Lipinski definition) is 3. The van der Waals surface area contributed by atoms with E-state index in [4.69, 9.17) is 0 Å². The summed E-state index contributed by atoms with van der Waals surface area (Å²) in [6.07, 6.45) is 1.58. The summed E-state index contributed by atoms with van der Waals surface area (Å²) in [6, 6.07) is 1.15. The van der Waals surface area contributed by atoms with E-state index in [9.17, 15) is 23.7 Å². The lowest BCUT2D eigenvalue weighted by Crippen LogP contribution is -2.39. The summed E-state index contributed by atoms with van der Waals surface area (Å²) in [6.45, 7) is 4.34. The van der Waals surface area contributed by atoms with Gasteiger partial charge in [0.2, 0.25) is 5.82 Å². The second-order valence-electron chi connectivity index (χ2n) is 5.50. The van der Waals surface area contributed by atoms with E-state index in [-0.39, 0.29) is 12.0 Å². The van der Waals surface area contributed by atoms with Crippen molar-refractivity contribution >= 4 is 11.6 Å². The van der Waals surface area contributed by atoms with Gasteiger partial charge in [0.05, 0.1) is 16.6 Å². The Balaban J connectivity index is 2.42. The predicted octanol–water partition coefficient (Wildman–Crippen LogP) is 3.13. The van der Waals surface area contributed by atoms with Gasteiger partial charge in [-0.3, -0.25) is 14.9 Å². The van der Waals surface area contributed by atoms with Crippen LogP contribution in [0.1, 0.15) is 37.0 Å². The molecule has 5 nitrogen and oxygen atoms in total. The first kappa shape index (κ1) is 15.3. The molecule has 7 heteroatoms. The topological polar surface area (TPSA) is 63.5 Å². The number of rotatable bonds is 3. The van der Waals surface area contributed by atoms with Gasteiger partial charge in [-0.15, -0.1) is 0 Å². The van der Waals surface area contributed by atoms with E-state index in [1.165, 1.54) is 4.90 Å². The molecule has 21 heavy (non-hydrogen) atoms. The number of carbonyl (C=O) groups excluding carboxylic acids is 1. The molecule has 0 aromatic heterocycles. The van der Waals surface area contributed by atoms with Crippen molar-refractivity contribution in [1.82, 2.24) is 4.90 Å². The summed E-state index contributed by atoms with van der Waals surface area (Å²) in [7, 11) is 0. The molecule has 2 rings (SSSR count). The summed E-state index contributed by atoms with van der Waals surface area (Å²) in [5.74, 6) is -2.78. The summed E-state index contributed by atoms with van der Waals surface area (Å²) in [5.41, 5.74) is -1.59. The molecule has 1 heterocycles. The Morgan fingerprint density at radius 3 is 2.67 bits per heavy atom. The van der Waals surface area contributed by atoms with Crippen LogP contribution in [0.2, 0.25) is 0 Å². The zero-order valence-electron chi connectivity index (χ0n) is 11.8. The highest BCUT2D eigenvalue weighted by Crippen LogP contribution is 2.29. The number of nitrogens with zero attached hydrogens (tertiary/aromatic N) is 2. The molecule has 1 fully saturated rings. The fourth-order valence-corrected chi connectivity index (χ4v) is 2.76. The fourth-order valence-electron chi connectivity index (χ4n) is 2.76. The second-order valence-corrected chi connectivity index (χ2v) is 5.50. The van der Waals surface area contributed by atoms with E-state index in [1.807, 2.05) is 13.8 Å². The Labute approximate surface area is 120 Å². The maximum absolute atomic E-state index is 14.1. The van der Waals surface area contributed by atoms with Crippen LogP contribution in [0.3, 0.4) is 0 Å². The van der Waals surface area contributed by atoms with Gasteiger partial charge in [0.25, 0.3) is 5.91 Å². The summed E-state index contributed by atoms with van der Waals surface area (Å²) >= 11 is 0. The molecule has 0 saturated carbocycles. The summed E-state index contributed by atoms with van der Waals surface area (Å²) in [5, 5.41) is 10.7. The van der Waals surface area contributed by atoms with E-state index >= 15 is 0 Å². The summed E-state index contributed by atoms with van der Waals surface area (Å²) in [4.78, 5) is 23.6. The SMILES string of the molecule is CC(C)C1CCCN1C(=O)c1cc(F)cc([N+](=O)[O-])c1F. The fraction of sp³-hybridized carbons (Fsp3) is 0.500. The third-order valence-corrected chi connectivity index (χ3v) is 3.77. The average Bonchev–Trinajstić information content (AvgIpc) is 2.89. The molecule has 1 aliphatic heterocycles. The van der Waals surface area contributed by atoms with Gasteiger partial charge < -0.3 is 4.90 Å². The van der Waals surface area contributed by atoms with Crippen LogP contribution >= 0.6 is 0 Å². The molecule has 1 saturated heterocycles. The van der Waals surface area contributed by atoms with Crippen LogP contribution in [0, 0.1) is 27.7 Å². The number of hydrogen-bond donors (Lipinski definition) is 0. The standard InChI is InChI=1S/C14H16F2N2O3/c1-8(2)11-4-3-5-17(11)14(19)10-6-9(15)7-12(13(10)16)18(20)21/h6-8,11H,3-5H2,1-2H3. The van der Waals surface area contributed by atoms with Crippen LogP contribution in [-0.4, -0.2) is 28.3 Å². The Kier molecular flexibility index (Phi) is 4.20. The van der Waals surface area contributed by atoms with Crippen LogP contribution in [0.25, 0.3) is 0 Å². The average molecular weight is 298 g/mol. The molecule has 1 atom stereocenters. The molecule has 0 bridgehead atoms. The van der Waals surface area contributed by atoms with Crippen LogP contribution < -0.4 is 0 Å². The minimum atomic E-state index is -1.28. The molecular formula is C14H16F2N2O3. The summed E-state index contributed by atoms with van der Waals surface area (Å²) < 4.78 is 27.5. The normalized spacial score (nSPS) is 18.3. The van der Waals surface area contributed by atoms with E-state index in [0.29, 0.717) is 12.6 Å². The van der Waals surface area contributed by atoms with Gasteiger partial charge in [0.15, 0.2) is 0 Å². The largest absolute Gasteiger partial charge is 0.335 e. The van der Waals surface area contributed by atoms with Gasteiger partial charge in [-0.05, 0) is 24.8 Å². The molecule has 114 valence electrons. The molecule has 1 unspecified atom stereocenters. The molecule has 0 radical (unpaired) electrons. The predicted molar refractivity (Wildman–Crippen MR) is 71.9 cm³/mol. The van der Waals surface area contributed by atoms with Crippen molar-refractivity contribution in [2.75, 3.05) is 6.54 Å². The van der Waals surface area contributed by atoms with E-state index in [2.05, 4.69) is 0 Å². The Morgan fingerprint density at radius 1 is 1.43 bits per heavy atom. The van der Waals surface area contributed by atoms with Crippen LogP contribution in [-0.2, 0) is 0 Å². The van der Waals surface area contributed by atoms with E-state index in [1.54, 1.807) is 0 Å². The number of nitro benzene ring substituents is 1. The number of amides is 1. The van der Waals surface area contributed by atoms with Gasteiger partial charge in [-0.25, -0.2) is 4.39 Å². The van der Waals surface area contributed by atoms with Crippen molar-refractivity contribution in [1.29, 1.82) is 0 Å². The van der Waals surface area contributed by atoms with Crippen molar-refractivity contribution in [2.24, 2.45) is 5.92 Å². The monoisotopic (exact) mass is 298 g/mol. The number of likely N-dealkylation sites (tertiary alicyclic amines) is 1. The highest BCUT2D eigenvalue weighted by molar-refractivity contribution is 5.95. The van der Waals surface area contributed by atoms with E-state index in [0.717, 1.165) is 18.9 Å². The lowest BCUT2D eigenvalue weighted by molar-refractivity contribution is -0.387. The number of halogens is 2. The highest BCUT2D eigenvalue weighted by atomic mass is 19.1. The quantitative estimate of drug-likeness (QED) is 0.636. The van der Waals surface area contributed by atoms with Crippen molar-refractivity contribution in [3.8, 4) is 0 Å². The minimum Gasteiger partial charge on any atom is -0.335 e. The third kappa shape index (κ3) is 2.86. The Morgan fingerprint density at radius 2 is 2.10 bits per heavy atom. The lowest BCUT2D eigenvalue weighted by atomic mass is 10.0. The number of nitro groups is 1. The van der Waals surface area contributed by atoms with Gasteiger partial charge in [-0.2, -0.15) is 4.39 Å². The Hall–Kier alpha value is -2.05. The van der Waals surface area contributed by atoms with E-state index < -0.39 is 33.7 Å².